The molecule has 3 aromatic carbocycles. The van der Waals surface area contributed by atoms with Crippen LogP contribution in [0.3, 0.4) is 0 Å². The molecule has 1 N–H and O–H groups in total. The second-order valence-corrected chi connectivity index (χ2v) is 7.88. The third-order valence-electron chi connectivity index (χ3n) is 5.60. The summed E-state index contributed by atoms with van der Waals surface area (Å²) < 4.78 is 6.79. The van der Waals surface area contributed by atoms with Gasteiger partial charge < -0.3 is 15.0 Å². The predicted octanol–water partition coefficient (Wildman–Crippen LogP) is 3.43. The number of carbonyl (C=O) groups is 1. The molecular weight excluding hydrogens is 416 g/mol. The molecule has 0 aliphatic rings. The number of carbonyl (C=O) groups excluding carboxylic acids is 1. The smallest absolute Gasteiger partial charge is 0.279 e. The molecule has 7 nitrogen and oxygen atoms in total. The summed E-state index contributed by atoms with van der Waals surface area (Å²) in [5.41, 5.74) is 1.50. The molecule has 0 fully saturated rings. The van der Waals surface area contributed by atoms with Crippen LogP contribution in [0.5, 0.6) is 5.75 Å². The topological polar surface area (TPSA) is 76.5 Å². The Kier molecular flexibility index (Phi) is 6.51. The van der Waals surface area contributed by atoms with Crippen molar-refractivity contribution in [2.45, 2.75) is 6.04 Å². The summed E-state index contributed by atoms with van der Waals surface area (Å²) >= 11 is 0. The second kappa shape index (κ2) is 9.67. The standard InChI is InChI=1S/C26H26N4O3/c1-29(2)22(21-15-9-10-16-23(21)33-3)17-27-25(31)24-19-13-7-8-14-20(19)26(32)30(28-24)18-11-5-4-6-12-18/h4-16,22H,17H2,1-3H3,(H,27,31). The van der Waals surface area contributed by atoms with E-state index >= 15 is 0 Å². The normalized spacial score (nSPS) is 12.0. The lowest BCUT2D eigenvalue weighted by molar-refractivity contribution is 0.0936. The quantitative estimate of drug-likeness (QED) is 0.475. The average Bonchev–Trinajstić information content (AvgIpc) is 2.85. The van der Waals surface area contributed by atoms with E-state index in [9.17, 15) is 9.59 Å². The van der Waals surface area contributed by atoms with Gasteiger partial charge in [0.2, 0.25) is 0 Å². The molecule has 4 aromatic rings. The molecule has 0 bridgehead atoms. The number of para-hydroxylation sites is 2. The molecule has 1 unspecified atom stereocenters. The van der Waals surface area contributed by atoms with E-state index in [1.54, 1.807) is 43.5 Å². The number of aromatic nitrogens is 2. The van der Waals surface area contributed by atoms with Crippen LogP contribution in [0.15, 0.2) is 83.7 Å². The molecule has 4 rings (SSSR count). The Morgan fingerprint density at radius 1 is 0.970 bits per heavy atom. The van der Waals surface area contributed by atoms with Crippen LogP contribution in [0, 0.1) is 0 Å². The summed E-state index contributed by atoms with van der Waals surface area (Å²) in [5, 5.41) is 8.42. The second-order valence-electron chi connectivity index (χ2n) is 7.88. The summed E-state index contributed by atoms with van der Waals surface area (Å²) in [6.45, 7) is 0.340. The fourth-order valence-electron chi connectivity index (χ4n) is 3.89. The first-order valence-corrected chi connectivity index (χ1v) is 10.7. The molecule has 0 radical (unpaired) electrons. The molecule has 0 aliphatic carbocycles. The highest BCUT2D eigenvalue weighted by molar-refractivity contribution is 6.04. The number of likely N-dealkylation sites (N-methyl/N-ethyl adjacent to an activating group) is 1. The molecule has 1 aromatic heterocycles. The minimum Gasteiger partial charge on any atom is -0.496 e. The monoisotopic (exact) mass is 442 g/mol. The molecule has 168 valence electrons. The molecule has 0 aliphatic heterocycles. The summed E-state index contributed by atoms with van der Waals surface area (Å²) in [7, 11) is 5.53. The zero-order valence-electron chi connectivity index (χ0n) is 18.9. The Morgan fingerprint density at radius 2 is 1.61 bits per heavy atom. The van der Waals surface area contributed by atoms with E-state index in [4.69, 9.17) is 4.74 Å². The Bertz CT molecular complexity index is 1330. The van der Waals surface area contributed by atoms with Crippen molar-refractivity contribution < 1.29 is 9.53 Å². The van der Waals surface area contributed by atoms with Gasteiger partial charge in [-0.05, 0) is 38.4 Å². The maximum atomic E-state index is 13.3. The van der Waals surface area contributed by atoms with E-state index in [0.717, 1.165) is 11.3 Å². The van der Waals surface area contributed by atoms with E-state index in [2.05, 4.69) is 10.4 Å². The van der Waals surface area contributed by atoms with Crippen molar-refractivity contribution in [2.75, 3.05) is 27.7 Å². The van der Waals surface area contributed by atoms with Crippen molar-refractivity contribution in [2.24, 2.45) is 0 Å². The molecule has 0 saturated heterocycles. The number of ether oxygens (including phenoxy) is 1. The number of amides is 1. The van der Waals surface area contributed by atoms with Crippen molar-refractivity contribution in [3.8, 4) is 11.4 Å². The van der Waals surface area contributed by atoms with Crippen LogP contribution in [-0.2, 0) is 0 Å². The van der Waals surface area contributed by atoms with Crippen LogP contribution in [0.25, 0.3) is 16.5 Å². The Morgan fingerprint density at radius 3 is 2.30 bits per heavy atom. The molecule has 7 heteroatoms. The molecule has 1 heterocycles. The van der Waals surface area contributed by atoms with Crippen LogP contribution in [0.1, 0.15) is 22.1 Å². The van der Waals surface area contributed by atoms with Crippen LogP contribution in [0.2, 0.25) is 0 Å². The molecule has 33 heavy (non-hydrogen) atoms. The highest BCUT2D eigenvalue weighted by atomic mass is 16.5. The molecule has 1 amide bonds. The van der Waals surface area contributed by atoms with Gasteiger partial charge in [0.05, 0.1) is 24.2 Å². The number of hydrogen-bond donors (Lipinski definition) is 1. The van der Waals surface area contributed by atoms with Crippen molar-refractivity contribution in [3.63, 3.8) is 0 Å². The minimum atomic E-state index is -0.349. The Labute approximate surface area is 192 Å². The zero-order chi connectivity index (χ0) is 23.4. The molecule has 0 spiro atoms. The number of hydrogen-bond acceptors (Lipinski definition) is 5. The van der Waals surface area contributed by atoms with Crippen LogP contribution < -0.4 is 15.6 Å². The highest BCUT2D eigenvalue weighted by Crippen LogP contribution is 2.27. The van der Waals surface area contributed by atoms with Gasteiger partial charge in [-0.3, -0.25) is 9.59 Å². The van der Waals surface area contributed by atoms with Gasteiger partial charge in [-0.25, -0.2) is 0 Å². The average molecular weight is 443 g/mol. The first kappa shape index (κ1) is 22.2. The fraction of sp³-hybridized carbons (Fsp3) is 0.192. The van der Waals surface area contributed by atoms with Crippen molar-refractivity contribution in [1.82, 2.24) is 20.0 Å². The van der Waals surface area contributed by atoms with Gasteiger partial charge in [0.15, 0.2) is 5.69 Å². The Balaban J connectivity index is 1.71. The lowest BCUT2D eigenvalue weighted by Gasteiger charge is -2.26. The first-order valence-electron chi connectivity index (χ1n) is 10.7. The van der Waals surface area contributed by atoms with Gasteiger partial charge in [-0.1, -0.05) is 54.6 Å². The van der Waals surface area contributed by atoms with Gasteiger partial charge in [0.25, 0.3) is 11.5 Å². The molecule has 1 atom stereocenters. The predicted molar refractivity (Wildman–Crippen MR) is 129 cm³/mol. The third-order valence-corrected chi connectivity index (χ3v) is 5.60. The SMILES string of the molecule is COc1ccccc1C(CNC(=O)c1nn(-c2ccccc2)c(=O)c2ccccc12)N(C)C. The summed E-state index contributed by atoms with van der Waals surface area (Å²) in [5.74, 6) is 0.407. The van der Waals surface area contributed by atoms with E-state index in [-0.39, 0.29) is 23.2 Å². The lowest BCUT2D eigenvalue weighted by atomic mass is 10.0. The van der Waals surface area contributed by atoms with Gasteiger partial charge in [-0.15, -0.1) is 0 Å². The van der Waals surface area contributed by atoms with Crippen molar-refractivity contribution in [3.05, 3.63) is 100 Å². The number of nitrogens with zero attached hydrogens (tertiary/aromatic N) is 3. The van der Waals surface area contributed by atoms with Crippen molar-refractivity contribution >= 4 is 16.7 Å². The Hall–Kier alpha value is -3.97. The minimum absolute atomic E-state index is 0.114. The number of methoxy groups -OCH3 is 1. The molecule has 0 saturated carbocycles. The third kappa shape index (κ3) is 4.49. The fourth-order valence-corrected chi connectivity index (χ4v) is 3.89. The maximum absolute atomic E-state index is 13.3. The van der Waals surface area contributed by atoms with Gasteiger partial charge >= 0.3 is 0 Å². The van der Waals surface area contributed by atoms with Gasteiger partial charge in [-0.2, -0.15) is 9.78 Å². The summed E-state index contributed by atoms with van der Waals surface area (Å²) in [6.07, 6.45) is 0. The zero-order valence-corrected chi connectivity index (χ0v) is 18.9. The number of nitrogens with one attached hydrogen (secondary N) is 1. The first-order chi connectivity index (χ1) is 16.0. The van der Waals surface area contributed by atoms with Crippen molar-refractivity contribution in [1.29, 1.82) is 0 Å². The van der Waals surface area contributed by atoms with Crippen LogP contribution in [0.4, 0.5) is 0 Å². The number of fused-ring (bicyclic) bond motifs is 1. The van der Waals surface area contributed by atoms with Gasteiger partial charge in [0.1, 0.15) is 5.75 Å². The summed E-state index contributed by atoms with van der Waals surface area (Å²) in [6, 6.07) is 23.8. The number of benzene rings is 3. The largest absolute Gasteiger partial charge is 0.496 e. The van der Waals surface area contributed by atoms with E-state index in [1.807, 2.05) is 61.5 Å². The van der Waals surface area contributed by atoms with E-state index in [0.29, 0.717) is 23.0 Å². The maximum Gasteiger partial charge on any atom is 0.279 e. The van der Waals surface area contributed by atoms with Gasteiger partial charge in [0, 0.05) is 17.5 Å². The highest BCUT2D eigenvalue weighted by Gasteiger charge is 2.22. The van der Waals surface area contributed by atoms with E-state index in [1.165, 1.54) is 4.68 Å². The van der Waals surface area contributed by atoms with Crippen LogP contribution >= 0.6 is 0 Å². The van der Waals surface area contributed by atoms with E-state index < -0.39 is 0 Å². The van der Waals surface area contributed by atoms with Crippen LogP contribution in [-0.4, -0.2) is 48.3 Å². The summed E-state index contributed by atoms with van der Waals surface area (Å²) in [4.78, 5) is 28.4. The number of rotatable bonds is 7. The lowest BCUT2D eigenvalue weighted by Crippen LogP contribution is -2.36. The molecular formula is C26H26N4O3.